The summed E-state index contributed by atoms with van der Waals surface area (Å²) in [5.74, 6) is -0.164. The summed E-state index contributed by atoms with van der Waals surface area (Å²) in [7, 11) is 0. The SMILES string of the molecule is CC1(CCC(N)=O)CC1. The minimum atomic E-state index is -0.164. The fraction of sp³-hybridized carbons (Fsp3) is 0.857. The van der Waals surface area contributed by atoms with Crippen LogP contribution in [-0.4, -0.2) is 5.91 Å². The minimum absolute atomic E-state index is 0.164. The van der Waals surface area contributed by atoms with Crippen molar-refractivity contribution in [1.29, 1.82) is 0 Å². The third-order valence-corrected chi connectivity index (χ3v) is 2.08. The molecule has 0 radical (unpaired) electrons. The molecular formula is C7H13NO. The van der Waals surface area contributed by atoms with Crippen molar-refractivity contribution in [2.45, 2.75) is 32.6 Å². The second-order valence-electron chi connectivity index (χ2n) is 3.28. The smallest absolute Gasteiger partial charge is 0.217 e. The van der Waals surface area contributed by atoms with E-state index in [2.05, 4.69) is 6.92 Å². The monoisotopic (exact) mass is 127 g/mol. The molecule has 1 aliphatic carbocycles. The van der Waals surface area contributed by atoms with Crippen molar-refractivity contribution < 1.29 is 4.79 Å². The van der Waals surface area contributed by atoms with Crippen molar-refractivity contribution in [2.75, 3.05) is 0 Å². The summed E-state index contributed by atoms with van der Waals surface area (Å²) >= 11 is 0. The average Bonchev–Trinajstić information content (AvgIpc) is 2.45. The summed E-state index contributed by atoms with van der Waals surface area (Å²) in [6.07, 6.45) is 4.11. The molecule has 0 aromatic carbocycles. The van der Waals surface area contributed by atoms with Gasteiger partial charge in [-0.15, -0.1) is 0 Å². The zero-order chi connectivity index (χ0) is 6.91. The summed E-state index contributed by atoms with van der Waals surface area (Å²) in [4.78, 5) is 10.3. The Balaban J connectivity index is 2.12. The van der Waals surface area contributed by atoms with Gasteiger partial charge in [-0.25, -0.2) is 0 Å². The van der Waals surface area contributed by atoms with Crippen LogP contribution in [-0.2, 0) is 4.79 Å². The molecule has 52 valence electrons. The van der Waals surface area contributed by atoms with Gasteiger partial charge in [0.25, 0.3) is 0 Å². The highest BCUT2D eigenvalue weighted by molar-refractivity contribution is 5.73. The van der Waals surface area contributed by atoms with Gasteiger partial charge in [0.2, 0.25) is 5.91 Å². The maximum atomic E-state index is 10.3. The van der Waals surface area contributed by atoms with E-state index in [9.17, 15) is 4.79 Å². The third-order valence-electron chi connectivity index (χ3n) is 2.08. The number of primary amides is 1. The maximum absolute atomic E-state index is 10.3. The van der Waals surface area contributed by atoms with Crippen LogP contribution in [0.1, 0.15) is 32.6 Å². The van der Waals surface area contributed by atoms with E-state index >= 15 is 0 Å². The molecule has 9 heavy (non-hydrogen) atoms. The fourth-order valence-electron chi connectivity index (χ4n) is 0.888. The van der Waals surface area contributed by atoms with Gasteiger partial charge in [0, 0.05) is 6.42 Å². The molecule has 2 heteroatoms. The molecule has 0 unspecified atom stereocenters. The van der Waals surface area contributed by atoms with Crippen molar-refractivity contribution >= 4 is 5.91 Å². The Labute approximate surface area is 55.4 Å². The van der Waals surface area contributed by atoms with Gasteiger partial charge < -0.3 is 5.73 Å². The highest BCUT2D eigenvalue weighted by atomic mass is 16.1. The quantitative estimate of drug-likeness (QED) is 0.605. The molecule has 0 spiro atoms. The molecule has 0 atom stereocenters. The van der Waals surface area contributed by atoms with Gasteiger partial charge in [0.1, 0.15) is 0 Å². The van der Waals surface area contributed by atoms with Crippen LogP contribution in [0.25, 0.3) is 0 Å². The molecule has 0 bridgehead atoms. The topological polar surface area (TPSA) is 43.1 Å². The molecule has 1 fully saturated rings. The third kappa shape index (κ3) is 2.04. The van der Waals surface area contributed by atoms with E-state index in [-0.39, 0.29) is 5.91 Å². The molecule has 2 N–H and O–H groups in total. The van der Waals surface area contributed by atoms with Gasteiger partial charge in [0.05, 0.1) is 0 Å². The van der Waals surface area contributed by atoms with Crippen molar-refractivity contribution in [1.82, 2.24) is 0 Å². The molecule has 0 heterocycles. The largest absolute Gasteiger partial charge is 0.370 e. The van der Waals surface area contributed by atoms with Crippen molar-refractivity contribution in [3.8, 4) is 0 Å². The number of nitrogens with two attached hydrogens (primary N) is 1. The fourth-order valence-corrected chi connectivity index (χ4v) is 0.888. The van der Waals surface area contributed by atoms with Crippen molar-refractivity contribution in [2.24, 2.45) is 11.1 Å². The lowest BCUT2D eigenvalue weighted by molar-refractivity contribution is -0.118. The van der Waals surface area contributed by atoms with Gasteiger partial charge in [0.15, 0.2) is 0 Å². The Morgan fingerprint density at radius 1 is 1.67 bits per heavy atom. The Morgan fingerprint density at radius 3 is 2.56 bits per heavy atom. The highest BCUT2D eigenvalue weighted by Crippen LogP contribution is 2.48. The van der Waals surface area contributed by atoms with Crippen LogP contribution < -0.4 is 5.73 Å². The summed E-state index contributed by atoms with van der Waals surface area (Å²) in [6.45, 7) is 2.20. The highest BCUT2D eigenvalue weighted by Gasteiger charge is 2.36. The normalized spacial score (nSPS) is 21.4. The number of hydrogen-bond acceptors (Lipinski definition) is 1. The number of rotatable bonds is 3. The number of amides is 1. The van der Waals surface area contributed by atoms with E-state index in [1.807, 2.05) is 0 Å². The zero-order valence-electron chi connectivity index (χ0n) is 5.81. The average molecular weight is 127 g/mol. The number of carbonyl (C=O) groups is 1. The lowest BCUT2D eigenvalue weighted by Crippen LogP contribution is -2.11. The Bertz CT molecular complexity index is 127. The first-order chi connectivity index (χ1) is 4.12. The standard InChI is InChI=1S/C7H13NO/c1-7(4-5-7)3-2-6(8)9/h2-5H2,1H3,(H2,8,9). The summed E-state index contributed by atoms with van der Waals surface area (Å²) in [5.41, 5.74) is 5.47. The molecular weight excluding hydrogens is 114 g/mol. The van der Waals surface area contributed by atoms with Crippen LogP contribution >= 0.6 is 0 Å². The second-order valence-corrected chi connectivity index (χ2v) is 3.28. The van der Waals surface area contributed by atoms with Crippen LogP contribution in [0, 0.1) is 5.41 Å². The molecule has 0 aromatic rings. The van der Waals surface area contributed by atoms with E-state index in [0.717, 1.165) is 6.42 Å². The lowest BCUT2D eigenvalue weighted by Gasteiger charge is -2.03. The van der Waals surface area contributed by atoms with E-state index in [0.29, 0.717) is 11.8 Å². The van der Waals surface area contributed by atoms with Gasteiger partial charge >= 0.3 is 0 Å². The van der Waals surface area contributed by atoms with Crippen molar-refractivity contribution in [3.05, 3.63) is 0 Å². The molecule has 0 aliphatic heterocycles. The molecule has 0 saturated heterocycles. The van der Waals surface area contributed by atoms with Crippen LogP contribution in [0.2, 0.25) is 0 Å². The molecule has 1 saturated carbocycles. The molecule has 0 aromatic heterocycles. The predicted octanol–water partition coefficient (Wildman–Crippen LogP) is 1.05. The van der Waals surface area contributed by atoms with E-state index in [1.54, 1.807) is 0 Å². The van der Waals surface area contributed by atoms with Crippen LogP contribution in [0.15, 0.2) is 0 Å². The maximum Gasteiger partial charge on any atom is 0.217 e. The Kier molecular flexibility index (Phi) is 1.47. The zero-order valence-corrected chi connectivity index (χ0v) is 5.81. The first-order valence-electron chi connectivity index (χ1n) is 3.41. The first kappa shape index (κ1) is 6.59. The Hall–Kier alpha value is -0.530. The van der Waals surface area contributed by atoms with Crippen LogP contribution in [0.5, 0.6) is 0 Å². The van der Waals surface area contributed by atoms with Gasteiger partial charge in [-0.05, 0) is 24.7 Å². The van der Waals surface area contributed by atoms with Gasteiger partial charge in [-0.2, -0.15) is 0 Å². The van der Waals surface area contributed by atoms with Gasteiger partial charge in [-0.1, -0.05) is 6.92 Å². The summed E-state index contributed by atoms with van der Waals surface area (Å²) < 4.78 is 0. The number of carbonyl (C=O) groups excluding carboxylic acids is 1. The van der Waals surface area contributed by atoms with Crippen LogP contribution in [0.4, 0.5) is 0 Å². The first-order valence-corrected chi connectivity index (χ1v) is 3.41. The van der Waals surface area contributed by atoms with E-state index in [1.165, 1.54) is 12.8 Å². The molecule has 1 aliphatic rings. The van der Waals surface area contributed by atoms with Gasteiger partial charge in [-0.3, -0.25) is 4.79 Å². The molecule has 1 amide bonds. The van der Waals surface area contributed by atoms with Crippen molar-refractivity contribution in [3.63, 3.8) is 0 Å². The predicted molar refractivity (Wildman–Crippen MR) is 35.8 cm³/mol. The molecule has 2 nitrogen and oxygen atoms in total. The second kappa shape index (κ2) is 2.01. The molecule has 1 rings (SSSR count). The van der Waals surface area contributed by atoms with E-state index in [4.69, 9.17) is 5.73 Å². The Morgan fingerprint density at radius 2 is 2.22 bits per heavy atom. The van der Waals surface area contributed by atoms with Crippen LogP contribution in [0.3, 0.4) is 0 Å². The number of hydrogen-bond donors (Lipinski definition) is 1. The van der Waals surface area contributed by atoms with E-state index < -0.39 is 0 Å². The minimum Gasteiger partial charge on any atom is -0.370 e. The summed E-state index contributed by atoms with van der Waals surface area (Å²) in [6, 6.07) is 0. The lowest BCUT2D eigenvalue weighted by atomic mass is 10.0. The summed E-state index contributed by atoms with van der Waals surface area (Å²) in [5, 5.41) is 0.